The maximum atomic E-state index is 13.4. The van der Waals surface area contributed by atoms with Crippen molar-refractivity contribution in [3.05, 3.63) is 59.2 Å². The van der Waals surface area contributed by atoms with Crippen LogP contribution in [0.3, 0.4) is 0 Å². The molecule has 30 heavy (non-hydrogen) atoms. The zero-order valence-electron chi connectivity index (χ0n) is 16.6. The van der Waals surface area contributed by atoms with Crippen molar-refractivity contribution in [2.24, 2.45) is 12.8 Å². The first-order chi connectivity index (χ1) is 14.2. The van der Waals surface area contributed by atoms with Crippen molar-refractivity contribution in [3.63, 3.8) is 0 Å². The highest BCUT2D eigenvalue weighted by Gasteiger charge is 2.25. The Labute approximate surface area is 183 Å². The first-order valence-corrected chi connectivity index (χ1v) is 12.5. The molecular weight excluding hydrogens is 436 g/mol. The fraction of sp³-hybridized carbons (Fsp3) is 0.143. The van der Waals surface area contributed by atoms with Gasteiger partial charge in [-0.2, -0.15) is 0 Å². The van der Waals surface area contributed by atoms with Gasteiger partial charge in [-0.3, -0.25) is 5.41 Å². The van der Waals surface area contributed by atoms with Gasteiger partial charge in [-0.25, -0.2) is 13.4 Å². The molecule has 0 aliphatic carbocycles. The molecule has 0 radical (unpaired) electrons. The van der Waals surface area contributed by atoms with Crippen molar-refractivity contribution in [1.29, 1.82) is 5.41 Å². The van der Waals surface area contributed by atoms with E-state index in [1.54, 1.807) is 24.5 Å². The van der Waals surface area contributed by atoms with Crippen LogP contribution in [0, 0.1) is 12.3 Å². The third-order valence-electron chi connectivity index (χ3n) is 4.93. The molecular formula is C21H20N4O2S3. The van der Waals surface area contributed by atoms with Gasteiger partial charge in [-0.15, -0.1) is 23.1 Å². The fourth-order valence-corrected chi connectivity index (χ4v) is 7.27. The summed E-state index contributed by atoms with van der Waals surface area (Å²) in [5.74, 6) is -0.134. The van der Waals surface area contributed by atoms with Crippen LogP contribution >= 0.6 is 23.1 Å². The molecule has 2 aromatic heterocycles. The van der Waals surface area contributed by atoms with E-state index in [4.69, 9.17) is 11.1 Å². The second-order valence-electron chi connectivity index (χ2n) is 6.92. The van der Waals surface area contributed by atoms with Gasteiger partial charge in [0.2, 0.25) is 9.84 Å². The summed E-state index contributed by atoms with van der Waals surface area (Å²) in [5, 5.41) is 7.64. The van der Waals surface area contributed by atoms with Crippen LogP contribution in [0.15, 0.2) is 62.8 Å². The summed E-state index contributed by atoms with van der Waals surface area (Å²) >= 11 is 2.56. The number of benzene rings is 2. The Bertz CT molecular complexity index is 1400. The average molecular weight is 457 g/mol. The lowest BCUT2D eigenvalue weighted by atomic mass is 10.00. The molecule has 9 heteroatoms. The van der Waals surface area contributed by atoms with Gasteiger partial charge in [-0.05, 0) is 60.2 Å². The average Bonchev–Trinajstić information content (AvgIpc) is 3.32. The number of nitrogens with zero attached hydrogens (tertiary/aromatic N) is 2. The number of fused-ring (bicyclic) bond motifs is 1. The molecule has 0 unspecified atom stereocenters. The molecule has 154 valence electrons. The van der Waals surface area contributed by atoms with E-state index in [0.29, 0.717) is 9.09 Å². The summed E-state index contributed by atoms with van der Waals surface area (Å²) in [5.41, 5.74) is 10.3. The number of rotatable bonds is 5. The van der Waals surface area contributed by atoms with Gasteiger partial charge in [0, 0.05) is 7.05 Å². The van der Waals surface area contributed by atoms with E-state index in [0.717, 1.165) is 27.7 Å². The van der Waals surface area contributed by atoms with Crippen LogP contribution in [0.1, 0.15) is 10.4 Å². The van der Waals surface area contributed by atoms with Crippen LogP contribution in [-0.4, -0.2) is 30.1 Å². The highest BCUT2D eigenvalue weighted by atomic mass is 32.2. The largest absolute Gasteiger partial charge is 0.383 e. The summed E-state index contributed by atoms with van der Waals surface area (Å²) < 4.78 is 29.4. The predicted octanol–water partition coefficient (Wildman–Crippen LogP) is 4.45. The third-order valence-corrected chi connectivity index (χ3v) is 9.27. The second-order valence-corrected chi connectivity index (χ2v) is 11.0. The molecule has 3 N–H and O–H groups in total. The van der Waals surface area contributed by atoms with Gasteiger partial charge in [0.05, 0.1) is 36.2 Å². The van der Waals surface area contributed by atoms with E-state index in [1.165, 1.54) is 29.2 Å². The van der Waals surface area contributed by atoms with Crippen molar-refractivity contribution >= 4 is 49.8 Å². The lowest BCUT2D eigenvalue weighted by molar-refractivity contribution is 0.595. The first kappa shape index (κ1) is 20.6. The van der Waals surface area contributed by atoms with Crippen molar-refractivity contribution in [2.75, 3.05) is 6.26 Å². The molecule has 0 atom stereocenters. The molecule has 0 amide bonds. The molecule has 6 nitrogen and oxygen atoms in total. The molecule has 0 spiro atoms. The SMILES string of the molecule is CSc1sc(C(=N)N)cc1S(=O)(=O)c1cccc(-c2cc3ncn(C)c3cc2C)c1. The number of thioether (sulfide) groups is 1. The van der Waals surface area contributed by atoms with Crippen molar-refractivity contribution < 1.29 is 8.42 Å². The quantitative estimate of drug-likeness (QED) is 0.262. The maximum Gasteiger partial charge on any atom is 0.208 e. The van der Waals surface area contributed by atoms with Crippen molar-refractivity contribution in [3.8, 4) is 11.1 Å². The molecule has 2 heterocycles. The third kappa shape index (κ3) is 3.42. The van der Waals surface area contributed by atoms with Crippen molar-refractivity contribution in [2.45, 2.75) is 20.9 Å². The molecule has 0 aliphatic heterocycles. The van der Waals surface area contributed by atoms with Crippen LogP contribution in [-0.2, 0) is 16.9 Å². The number of amidine groups is 1. The number of nitrogens with one attached hydrogen (secondary N) is 1. The van der Waals surface area contributed by atoms with Crippen LogP contribution in [0.2, 0.25) is 0 Å². The number of hydrogen-bond acceptors (Lipinski definition) is 6. The van der Waals surface area contributed by atoms with Crippen LogP contribution in [0.4, 0.5) is 0 Å². The zero-order chi connectivity index (χ0) is 21.6. The Hall–Kier alpha value is -2.62. The van der Waals surface area contributed by atoms with E-state index in [-0.39, 0.29) is 15.6 Å². The van der Waals surface area contributed by atoms with E-state index in [9.17, 15) is 8.42 Å². The number of hydrogen-bond donors (Lipinski definition) is 2. The summed E-state index contributed by atoms with van der Waals surface area (Å²) in [6, 6.07) is 12.5. The molecule has 0 saturated carbocycles. The number of sulfone groups is 1. The Kier molecular flexibility index (Phi) is 5.21. The minimum atomic E-state index is -3.76. The number of aryl methyl sites for hydroxylation is 2. The first-order valence-electron chi connectivity index (χ1n) is 9.02. The van der Waals surface area contributed by atoms with Gasteiger partial charge in [-0.1, -0.05) is 12.1 Å². The normalized spacial score (nSPS) is 11.8. The number of imidazole rings is 1. The van der Waals surface area contributed by atoms with Crippen LogP contribution in [0.5, 0.6) is 0 Å². The summed E-state index contributed by atoms with van der Waals surface area (Å²) in [6.45, 7) is 2.01. The number of aromatic nitrogens is 2. The molecule has 0 bridgehead atoms. The second kappa shape index (κ2) is 7.57. The Morgan fingerprint density at radius 3 is 2.70 bits per heavy atom. The maximum absolute atomic E-state index is 13.4. The van der Waals surface area contributed by atoms with Crippen LogP contribution < -0.4 is 5.73 Å². The number of nitrogen functional groups attached to an aromatic ring is 1. The monoisotopic (exact) mass is 456 g/mol. The number of nitrogens with two attached hydrogens (primary N) is 1. The van der Waals surface area contributed by atoms with Gasteiger partial charge < -0.3 is 10.3 Å². The molecule has 0 saturated heterocycles. The topological polar surface area (TPSA) is 102 Å². The Morgan fingerprint density at radius 1 is 1.23 bits per heavy atom. The van der Waals surface area contributed by atoms with Crippen LogP contribution in [0.25, 0.3) is 22.2 Å². The molecule has 4 aromatic rings. The fourth-order valence-electron chi connectivity index (χ4n) is 3.37. The van der Waals surface area contributed by atoms with E-state index in [2.05, 4.69) is 11.1 Å². The van der Waals surface area contributed by atoms with Gasteiger partial charge in [0.25, 0.3) is 0 Å². The lowest BCUT2D eigenvalue weighted by Gasteiger charge is -2.10. The summed E-state index contributed by atoms with van der Waals surface area (Å²) in [7, 11) is -1.81. The predicted molar refractivity (Wildman–Crippen MR) is 123 cm³/mol. The lowest BCUT2D eigenvalue weighted by Crippen LogP contribution is -2.08. The minimum absolute atomic E-state index is 0.134. The molecule has 0 fully saturated rings. The summed E-state index contributed by atoms with van der Waals surface area (Å²) in [4.78, 5) is 5.27. The molecule has 2 aromatic carbocycles. The van der Waals surface area contributed by atoms with Gasteiger partial charge in [0.1, 0.15) is 5.84 Å². The van der Waals surface area contributed by atoms with E-state index in [1.807, 2.05) is 36.9 Å². The minimum Gasteiger partial charge on any atom is -0.383 e. The highest BCUT2D eigenvalue weighted by molar-refractivity contribution is 8.01. The van der Waals surface area contributed by atoms with E-state index >= 15 is 0 Å². The highest BCUT2D eigenvalue weighted by Crippen LogP contribution is 2.38. The smallest absolute Gasteiger partial charge is 0.208 e. The standard InChI is InChI=1S/C21H20N4O2S3/c1-12-7-17-16(24-11-25(17)2)9-15(12)13-5-4-6-14(8-13)30(26,27)19-10-18(20(22)23)29-21(19)28-3/h4-11H,1-3H3,(H3,22,23). The van der Waals surface area contributed by atoms with Crippen molar-refractivity contribution in [1.82, 2.24) is 9.55 Å². The number of thiophene rings is 1. The van der Waals surface area contributed by atoms with Gasteiger partial charge in [0.15, 0.2) is 0 Å². The molecule has 4 rings (SSSR count). The van der Waals surface area contributed by atoms with Gasteiger partial charge >= 0.3 is 0 Å². The molecule has 0 aliphatic rings. The zero-order valence-corrected chi connectivity index (χ0v) is 19.1. The summed E-state index contributed by atoms with van der Waals surface area (Å²) in [6.07, 6.45) is 3.58. The Morgan fingerprint density at radius 2 is 2.00 bits per heavy atom. The van der Waals surface area contributed by atoms with E-state index < -0.39 is 9.84 Å². The Balaban J connectivity index is 1.84.